The van der Waals surface area contributed by atoms with E-state index >= 15 is 0 Å². The summed E-state index contributed by atoms with van der Waals surface area (Å²) in [6, 6.07) is 3.49. The number of amides is 1. The second kappa shape index (κ2) is 5.12. The van der Waals surface area contributed by atoms with E-state index in [9.17, 15) is 4.79 Å². The molecule has 1 amide bonds. The molecule has 1 aromatic rings. The first-order chi connectivity index (χ1) is 7.00. The van der Waals surface area contributed by atoms with Crippen molar-refractivity contribution in [2.75, 3.05) is 13.6 Å². The Morgan fingerprint density at radius 2 is 2.33 bits per heavy atom. The van der Waals surface area contributed by atoms with Crippen molar-refractivity contribution in [1.82, 2.24) is 9.88 Å². The van der Waals surface area contributed by atoms with Gasteiger partial charge in [0.2, 0.25) is 0 Å². The topological polar surface area (TPSA) is 33.2 Å². The maximum absolute atomic E-state index is 11.9. The van der Waals surface area contributed by atoms with Gasteiger partial charge in [0, 0.05) is 36.4 Å². The first kappa shape index (κ1) is 12.0. The van der Waals surface area contributed by atoms with Crippen LogP contribution in [0.2, 0.25) is 0 Å². The van der Waals surface area contributed by atoms with Crippen LogP contribution in [0.5, 0.6) is 0 Å². The van der Waals surface area contributed by atoms with Gasteiger partial charge >= 0.3 is 0 Å². The number of hydrogen-bond donors (Lipinski definition) is 0. The van der Waals surface area contributed by atoms with Crippen LogP contribution < -0.4 is 0 Å². The standard InChI is InChI=1S/C11H15ClN2O/c1-8(12)7-14(3)11(15)10-4-5-13-9(2)6-10/h4-6,8H,7H2,1-3H3. The molecule has 0 spiro atoms. The molecule has 0 aliphatic rings. The van der Waals surface area contributed by atoms with E-state index in [0.717, 1.165) is 5.69 Å². The van der Waals surface area contributed by atoms with Gasteiger partial charge in [0.1, 0.15) is 0 Å². The molecular formula is C11H15ClN2O. The van der Waals surface area contributed by atoms with E-state index in [1.807, 2.05) is 13.8 Å². The average molecular weight is 227 g/mol. The van der Waals surface area contributed by atoms with Crippen molar-refractivity contribution in [3.05, 3.63) is 29.6 Å². The van der Waals surface area contributed by atoms with Crippen LogP contribution in [0.1, 0.15) is 23.0 Å². The normalized spacial score (nSPS) is 12.3. The molecule has 1 aromatic heterocycles. The summed E-state index contributed by atoms with van der Waals surface area (Å²) >= 11 is 5.83. The van der Waals surface area contributed by atoms with E-state index in [1.165, 1.54) is 0 Å². The molecule has 1 heterocycles. The molecule has 0 saturated heterocycles. The molecule has 15 heavy (non-hydrogen) atoms. The summed E-state index contributed by atoms with van der Waals surface area (Å²) < 4.78 is 0. The van der Waals surface area contributed by atoms with Gasteiger partial charge in [-0.1, -0.05) is 0 Å². The lowest BCUT2D eigenvalue weighted by Crippen LogP contribution is -2.31. The number of alkyl halides is 1. The molecule has 0 aliphatic heterocycles. The SMILES string of the molecule is Cc1cc(C(=O)N(C)CC(C)Cl)ccn1. The minimum atomic E-state index is -0.0399. The van der Waals surface area contributed by atoms with Crippen LogP contribution in [0.25, 0.3) is 0 Å². The maximum Gasteiger partial charge on any atom is 0.253 e. The van der Waals surface area contributed by atoms with Crippen molar-refractivity contribution in [3.8, 4) is 0 Å². The van der Waals surface area contributed by atoms with Gasteiger partial charge < -0.3 is 4.90 Å². The van der Waals surface area contributed by atoms with Crippen molar-refractivity contribution in [2.45, 2.75) is 19.2 Å². The monoisotopic (exact) mass is 226 g/mol. The molecular weight excluding hydrogens is 212 g/mol. The van der Waals surface area contributed by atoms with Gasteiger partial charge in [-0.3, -0.25) is 9.78 Å². The lowest BCUT2D eigenvalue weighted by Gasteiger charge is -2.18. The van der Waals surface area contributed by atoms with Crippen molar-refractivity contribution >= 4 is 17.5 Å². The summed E-state index contributed by atoms with van der Waals surface area (Å²) in [6.07, 6.45) is 1.64. The van der Waals surface area contributed by atoms with Crippen LogP contribution in [0.15, 0.2) is 18.3 Å². The van der Waals surface area contributed by atoms with Gasteiger partial charge in [0.05, 0.1) is 0 Å². The Labute approximate surface area is 95.1 Å². The average Bonchev–Trinajstić information content (AvgIpc) is 2.15. The predicted octanol–water partition coefficient (Wildman–Crippen LogP) is 2.09. The first-order valence-electron chi connectivity index (χ1n) is 4.83. The number of halogens is 1. The maximum atomic E-state index is 11.9. The lowest BCUT2D eigenvalue weighted by atomic mass is 10.2. The van der Waals surface area contributed by atoms with Crippen molar-refractivity contribution < 1.29 is 4.79 Å². The fraction of sp³-hybridized carbons (Fsp3) is 0.455. The molecule has 82 valence electrons. The van der Waals surface area contributed by atoms with E-state index in [0.29, 0.717) is 12.1 Å². The summed E-state index contributed by atoms with van der Waals surface area (Å²) in [5, 5.41) is -0.0399. The molecule has 0 radical (unpaired) electrons. The minimum Gasteiger partial charge on any atom is -0.340 e. The molecule has 0 bridgehead atoms. The molecule has 0 aliphatic carbocycles. The molecule has 0 saturated carbocycles. The number of aromatic nitrogens is 1. The van der Waals surface area contributed by atoms with E-state index in [4.69, 9.17) is 11.6 Å². The number of carbonyl (C=O) groups excluding carboxylic acids is 1. The summed E-state index contributed by atoms with van der Waals surface area (Å²) in [4.78, 5) is 17.5. The third-order valence-corrected chi connectivity index (χ3v) is 2.15. The molecule has 1 rings (SSSR count). The van der Waals surface area contributed by atoms with E-state index in [-0.39, 0.29) is 11.3 Å². The van der Waals surface area contributed by atoms with Crippen molar-refractivity contribution in [1.29, 1.82) is 0 Å². The Kier molecular flexibility index (Phi) is 4.09. The largest absolute Gasteiger partial charge is 0.340 e. The number of nitrogens with zero attached hydrogens (tertiary/aromatic N) is 2. The Morgan fingerprint density at radius 1 is 1.67 bits per heavy atom. The van der Waals surface area contributed by atoms with Crippen LogP contribution in [0.4, 0.5) is 0 Å². The number of hydrogen-bond acceptors (Lipinski definition) is 2. The number of aryl methyl sites for hydroxylation is 1. The van der Waals surface area contributed by atoms with E-state index < -0.39 is 0 Å². The fourth-order valence-corrected chi connectivity index (χ4v) is 1.57. The van der Waals surface area contributed by atoms with Crippen molar-refractivity contribution in [3.63, 3.8) is 0 Å². The van der Waals surface area contributed by atoms with Gasteiger partial charge in [0.15, 0.2) is 0 Å². The van der Waals surface area contributed by atoms with Gasteiger partial charge in [-0.05, 0) is 26.0 Å². The van der Waals surface area contributed by atoms with Gasteiger partial charge in [-0.2, -0.15) is 0 Å². The predicted molar refractivity (Wildman–Crippen MR) is 61.2 cm³/mol. The fourth-order valence-electron chi connectivity index (χ4n) is 1.36. The Hall–Kier alpha value is -1.09. The van der Waals surface area contributed by atoms with Crippen LogP contribution in [-0.4, -0.2) is 34.8 Å². The molecule has 4 heteroatoms. The molecule has 1 unspecified atom stereocenters. The van der Waals surface area contributed by atoms with Gasteiger partial charge in [-0.15, -0.1) is 11.6 Å². The minimum absolute atomic E-state index is 0.0204. The number of rotatable bonds is 3. The Balaban J connectivity index is 2.76. The smallest absolute Gasteiger partial charge is 0.253 e. The Morgan fingerprint density at radius 3 is 2.87 bits per heavy atom. The van der Waals surface area contributed by atoms with E-state index in [2.05, 4.69) is 4.98 Å². The first-order valence-corrected chi connectivity index (χ1v) is 5.26. The number of carbonyl (C=O) groups is 1. The number of pyridine rings is 1. The molecule has 0 fully saturated rings. The molecule has 0 N–H and O–H groups in total. The quantitative estimate of drug-likeness (QED) is 0.740. The summed E-state index contributed by atoms with van der Waals surface area (Å²) in [5.41, 5.74) is 1.50. The second-order valence-corrected chi connectivity index (χ2v) is 4.40. The van der Waals surface area contributed by atoms with Crippen LogP contribution in [0.3, 0.4) is 0 Å². The third kappa shape index (κ3) is 3.51. The highest BCUT2D eigenvalue weighted by atomic mass is 35.5. The summed E-state index contributed by atoms with van der Waals surface area (Å²) in [7, 11) is 1.75. The van der Waals surface area contributed by atoms with Gasteiger partial charge in [0.25, 0.3) is 5.91 Å². The van der Waals surface area contributed by atoms with Gasteiger partial charge in [-0.25, -0.2) is 0 Å². The third-order valence-electron chi connectivity index (χ3n) is 2.02. The summed E-state index contributed by atoms with van der Waals surface area (Å²) in [5.74, 6) is -0.0204. The highest BCUT2D eigenvalue weighted by molar-refractivity contribution is 6.20. The zero-order valence-corrected chi connectivity index (χ0v) is 9.95. The lowest BCUT2D eigenvalue weighted by molar-refractivity contribution is 0.0796. The zero-order chi connectivity index (χ0) is 11.4. The molecule has 3 nitrogen and oxygen atoms in total. The zero-order valence-electron chi connectivity index (χ0n) is 9.20. The van der Waals surface area contributed by atoms with Crippen LogP contribution >= 0.6 is 11.6 Å². The van der Waals surface area contributed by atoms with Crippen molar-refractivity contribution in [2.24, 2.45) is 0 Å². The molecule has 1 atom stereocenters. The molecule has 0 aromatic carbocycles. The highest BCUT2D eigenvalue weighted by Gasteiger charge is 2.13. The van der Waals surface area contributed by atoms with E-state index in [1.54, 1.807) is 30.3 Å². The summed E-state index contributed by atoms with van der Waals surface area (Å²) in [6.45, 7) is 4.27. The highest BCUT2D eigenvalue weighted by Crippen LogP contribution is 2.06. The van der Waals surface area contributed by atoms with Crippen LogP contribution in [0, 0.1) is 6.92 Å². The Bertz CT molecular complexity index is 352. The van der Waals surface area contributed by atoms with Crippen LogP contribution in [-0.2, 0) is 0 Å². The second-order valence-electron chi connectivity index (χ2n) is 3.65.